The first-order chi connectivity index (χ1) is 7.19. The molecule has 0 aliphatic heterocycles. The average Bonchev–Trinajstić information content (AvgIpc) is 2.13. The third-order valence-electron chi connectivity index (χ3n) is 2.41. The van der Waals surface area contributed by atoms with Gasteiger partial charge in [-0.2, -0.15) is 8.42 Å². The van der Waals surface area contributed by atoms with Gasteiger partial charge in [-0.1, -0.05) is 20.3 Å². The molecule has 0 aliphatic rings. The van der Waals surface area contributed by atoms with E-state index >= 15 is 0 Å². The minimum absolute atomic E-state index is 0.254. The largest absolute Gasteiger partial charge is 0.481 e. The van der Waals surface area contributed by atoms with Crippen LogP contribution >= 0.6 is 0 Å². The zero-order chi connectivity index (χ0) is 12.9. The van der Waals surface area contributed by atoms with Gasteiger partial charge in [0.2, 0.25) is 0 Å². The van der Waals surface area contributed by atoms with Crippen LogP contribution in [0.5, 0.6) is 0 Å². The molecule has 0 spiro atoms. The van der Waals surface area contributed by atoms with E-state index in [4.69, 9.17) is 5.11 Å². The second kappa shape index (κ2) is 6.17. The van der Waals surface area contributed by atoms with Crippen molar-refractivity contribution in [1.29, 1.82) is 0 Å². The van der Waals surface area contributed by atoms with Crippen LogP contribution in [0, 0.1) is 11.8 Å². The van der Waals surface area contributed by atoms with Crippen LogP contribution in [0.4, 0.5) is 0 Å². The Morgan fingerprint density at radius 3 is 2.25 bits per heavy atom. The maximum atomic E-state index is 10.9. The van der Waals surface area contributed by atoms with E-state index in [9.17, 15) is 18.3 Å². The monoisotopic (exact) mass is 254 g/mol. The second-order valence-electron chi connectivity index (χ2n) is 3.81. The van der Waals surface area contributed by atoms with Gasteiger partial charge in [-0.3, -0.25) is 8.98 Å². The highest BCUT2D eigenvalue weighted by atomic mass is 32.2. The summed E-state index contributed by atoms with van der Waals surface area (Å²) < 4.78 is 25.7. The molecule has 0 bridgehead atoms. The predicted octanol–water partition coefficient (Wildman–Crippen LogP) is 0.0704. The van der Waals surface area contributed by atoms with E-state index in [2.05, 4.69) is 4.18 Å². The van der Waals surface area contributed by atoms with Crippen LogP contribution in [-0.4, -0.2) is 43.6 Å². The lowest BCUT2D eigenvalue weighted by molar-refractivity contribution is -0.149. The lowest BCUT2D eigenvalue weighted by Gasteiger charge is -2.23. The summed E-state index contributed by atoms with van der Waals surface area (Å²) in [5.41, 5.74) is 0. The maximum absolute atomic E-state index is 10.9. The summed E-state index contributed by atoms with van der Waals surface area (Å²) in [6, 6.07) is 0. The van der Waals surface area contributed by atoms with Crippen molar-refractivity contribution in [2.75, 3.05) is 12.9 Å². The fourth-order valence-corrected chi connectivity index (χ4v) is 1.72. The molecule has 0 aromatic heterocycles. The van der Waals surface area contributed by atoms with Gasteiger partial charge >= 0.3 is 5.97 Å². The normalized spacial score (nSPS) is 17.8. The topological polar surface area (TPSA) is 101 Å². The summed E-state index contributed by atoms with van der Waals surface area (Å²) in [4.78, 5) is 10.9. The van der Waals surface area contributed by atoms with Crippen LogP contribution in [0.1, 0.15) is 20.3 Å². The lowest BCUT2D eigenvalue weighted by Crippen LogP contribution is -2.37. The molecule has 0 saturated heterocycles. The third kappa shape index (κ3) is 5.43. The molecule has 0 radical (unpaired) electrons. The fourth-order valence-electron chi connectivity index (χ4n) is 1.34. The molecule has 0 amide bonds. The van der Waals surface area contributed by atoms with Crippen molar-refractivity contribution >= 4 is 16.1 Å². The van der Waals surface area contributed by atoms with Crippen molar-refractivity contribution in [1.82, 2.24) is 0 Å². The maximum Gasteiger partial charge on any atom is 0.309 e. The first kappa shape index (κ1) is 15.3. The Morgan fingerprint density at radius 1 is 1.44 bits per heavy atom. The molecule has 0 saturated carbocycles. The van der Waals surface area contributed by atoms with Crippen molar-refractivity contribution in [2.24, 2.45) is 11.8 Å². The van der Waals surface area contributed by atoms with E-state index in [-0.39, 0.29) is 5.92 Å². The Labute approximate surface area is 95.4 Å². The number of aliphatic hydroxyl groups excluding tert-OH is 1. The Hall–Kier alpha value is -0.660. The number of carboxylic acid groups (broad SMARTS) is 1. The highest BCUT2D eigenvalue weighted by molar-refractivity contribution is 7.85. The zero-order valence-corrected chi connectivity index (χ0v) is 10.4. The standard InChI is InChI=1S/C9H18O6S/c1-4-6(2)8(9(11)12)7(10)5-15-16(3,13)14/h6-8,10H,4-5H2,1-3H3,(H,11,12). The molecular weight excluding hydrogens is 236 g/mol. The number of hydrogen-bond donors (Lipinski definition) is 2. The molecule has 2 N–H and O–H groups in total. The van der Waals surface area contributed by atoms with Crippen LogP contribution in [0.2, 0.25) is 0 Å². The summed E-state index contributed by atoms with van der Waals surface area (Å²) in [5.74, 6) is -2.43. The quantitative estimate of drug-likeness (QED) is 0.623. The van der Waals surface area contributed by atoms with E-state index in [0.717, 1.165) is 6.26 Å². The van der Waals surface area contributed by atoms with Gasteiger partial charge in [-0.05, 0) is 5.92 Å². The van der Waals surface area contributed by atoms with Gasteiger partial charge in [-0.25, -0.2) is 0 Å². The van der Waals surface area contributed by atoms with E-state index < -0.39 is 34.7 Å². The predicted molar refractivity (Wildman–Crippen MR) is 57.4 cm³/mol. The number of rotatable bonds is 7. The number of aliphatic carboxylic acids is 1. The molecule has 3 atom stereocenters. The first-order valence-electron chi connectivity index (χ1n) is 4.94. The van der Waals surface area contributed by atoms with Crippen molar-refractivity contribution in [3.05, 3.63) is 0 Å². The van der Waals surface area contributed by atoms with Gasteiger partial charge in [0.15, 0.2) is 0 Å². The first-order valence-corrected chi connectivity index (χ1v) is 6.76. The number of carbonyl (C=O) groups is 1. The van der Waals surface area contributed by atoms with E-state index in [1.54, 1.807) is 13.8 Å². The Kier molecular flexibility index (Phi) is 5.91. The molecule has 3 unspecified atom stereocenters. The Morgan fingerprint density at radius 2 is 1.94 bits per heavy atom. The molecule has 0 aliphatic carbocycles. The van der Waals surface area contributed by atoms with Gasteiger partial charge in [-0.15, -0.1) is 0 Å². The molecule has 16 heavy (non-hydrogen) atoms. The summed E-state index contributed by atoms with van der Waals surface area (Å²) in [5, 5.41) is 18.5. The summed E-state index contributed by atoms with van der Waals surface area (Å²) >= 11 is 0. The van der Waals surface area contributed by atoms with Gasteiger partial charge in [0, 0.05) is 0 Å². The second-order valence-corrected chi connectivity index (χ2v) is 5.45. The third-order valence-corrected chi connectivity index (χ3v) is 2.97. The van der Waals surface area contributed by atoms with Crippen LogP contribution < -0.4 is 0 Å². The van der Waals surface area contributed by atoms with Gasteiger partial charge in [0.25, 0.3) is 10.1 Å². The molecular formula is C9H18O6S. The van der Waals surface area contributed by atoms with E-state index in [1.165, 1.54) is 0 Å². The summed E-state index contributed by atoms with van der Waals surface area (Å²) in [6.07, 6.45) is 0.0909. The molecule has 0 heterocycles. The van der Waals surface area contributed by atoms with E-state index in [1.807, 2.05) is 0 Å². The van der Waals surface area contributed by atoms with Crippen LogP contribution in [0.15, 0.2) is 0 Å². The highest BCUT2D eigenvalue weighted by Crippen LogP contribution is 2.20. The zero-order valence-electron chi connectivity index (χ0n) is 9.58. The Bertz CT molecular complexity index is 323. The number of hydrogen-bond acceptors (Lipinski definition) is 5. The number of aliphatic hydroxyl groups is 1. The van der Waals surface area contributed by atoms with E-state index in [0.29, 0.717) is 6.42 Å². The number of carboxylic acids is 1. The van der Waals surface area contributed by atoms with Crippen LogP contribution in [-0.2, 0) is 19.1 Å². The van der Waals surface area contributed by atoms with Crippen molar-refractivity contribution < 1.29 is 27.6 Å². The summed E-state index contributed by atoms with van der Waals surface area (Å²) in [6.45, 7) is 2.95. The van der Waals surface area contributed by atoms with Gasteiger partial charge in [0.05, 0.1) is 24.9 Å². The van der Waals surface area contributed by atoms with Gasteiger partial charge in [0.1, 0.15) is 0 Å². The lowest BCUT2D eigenvalue weighted by atomic mass is 9.87. The smallest absolute Gasteiger partial charge is 0.309 e. The Balaban J connectivity index is 4.51. The molecule has 6 nitrogen and oxygen atoms in total. The van der Waals surface area contributed by atoms with Crippen LogP contribution in [0.3, 0.4) is 0 Å². The molecule has 96 valence electrons. The van der Waals surface area contributed by atoms with Crippen molar-refractivity contribution in [3.63, 3.8) is 0 Å². The molecule has 0 aromatic rings. The van der Waals surface area contributed by atoms with Crippen LogP contribution in [0.25, 0.3) is 0 Å². The molecule has 0 fully saturated rings. The SMILES string of the molecule is CCC(C)C(C(=O)O)C(O)COS(C)(=O)=O. The highest BCUT2D eigenvalue weighted by Gasteiger charge is 2.31. The van der Waals surface area contributed by atoms with Crippen molar-refractivity contribution in [2.45, 2.75) is 26.4 Å². The minimum atomic E-state index is -3.66. The molecule has 0 aromatic carbocycles. The minimum Gasteiger partial charge on any atom is -0.481 e. The molecule has 7 heteroatoms. The van der Waals surface area contributed by atoms with Crippen molar-refractivity contribution in [3.8, 4) is 0 Å². The fraction of sp³-hybridized carbons (Fsp3) is 0.889. The van der Waals surface area contributed by atoms with Gasteiger partial charge < -0.3 is 10.2 Å². The average molecular weight is 254 g/mol. The summed E-state index contributed by atoms with van der Waals surface area (Å²) in [7, 11) is -3.66. The molecule has 0 rings (SSSR count).